The normalized spacial score (nSPS) is 29.7. The summed E-state index contributed by atoms with van der Waals surface area (Å²) in [5, 5.41) is 21.0. The van der Waals surface area contributed by atoms with Gasteiger partial charge in [0, 0.05) is 12.3 Å². The Bertz CT molecular complexity index is 1120. The van der Waals surface area contributed by atoms with Crippen LogP contribution in [0.25, 0.3) is 0 Å². The number of phosphoric acid groups is 2. The highest BCUT2D eigenvalue weighted by Gasteiger charge is 2.58. The Balaban J connectivity index is 2.30. The second kappa shape index (κ2) is 10.1. The van der Waals surface area contributed by atoms with Crippen molar-refractivity contribution in [2.75, 3.05) is 6.61 Å². The lowest BCUT2D eigenvalue weighted by molar-refractivity contribution is -0.291. The minimum Gasteiger partial charge on any atom is -0.385 e. The molecule has 2 rings (SSSR count). The van der Waals surface area contributed by atoms with Crippen LogP contribution >= 0.6 is 34.7 Å². The predicted octanol–water partition coefficient (Wildman–Crippen LogP) is -0.811. The van der Waals surface area contributed by atoms with Crippen LogP contribution in [0.15, 0.2) is 21.9 Å². The Morgan fingerprint density at radius 2 is 1.82 bits per heavy atom. The summed E-state index contributed by atoms with van der Waals surface area (Å²) in [4.78, 5) is 51.8. The summed E-state index contributed by atoms with van der Waals surface area (Å²) >= 11 is 3.40. The van der Waals surface area contributed by atoms with E-state index >= 15 is 0 Å². The van der Waals surface area contributed by atoms with Crippen molar-refractivity contribution in [2.45, 2.75) is 44.2 Å². The number of aliphatic hydroxyl groups is 2. The molecule has 2 heterocycles. The average molecular weight is 558 g/mol. The molecule has 1 aliphatic rings. The number of nitrogens with zero attached hydrogens (tertiary/aromatic N) is 1. The van der Waals surface area contributed by atoms with Gasteiger partial charge in [0.2, 0.25) is 5.79 Å². The maximum Gasteiger partial charge on any atom is 0.488 e. The van der Waals surface area contributed by atoms with E-state index in [9.17, 15) is 38.4 Å². The predicted molar refractivity (Wildman–Crippen MR) is 109 cm³/mol. The summed E-state index contributed by atoms with van der Waals surface area (Å²) in [6.45, 7) is -3.11. The number of ether oxygens (including phenoxy) is 2. The van der Waals surface area contributed by atoms with E-state index in [1.54, 1.807) is 0 Å². The molecule has 0 spiro atoms. The first-order chi connectivity index (χ1) is 14.9. The van der Waals surface area contributed by atoms with Crippen molar-refractivity contribution in [2.24, 2.45) is 0 Å². The van der Waals surface area contributed by atoms with E-state index in [0.717, 1.165) is 12.3 Å². The average Bonchev–Trinajstić information content (AvgIpc) is 2.82. The number of H-pyrrole nitrogens is 1. The molecule has 17 nitrogen and oxygen atoms in total. The van der Waals surface area contributed by atoms with E-state index in [1.165, 1.54) is 13.8 Å². The van der Waals surface area contributed by atoms with E-state index in [1.807, 2.05) is 4.98 Å². The number of aromatic amines is 1. The molecule has 190 valence electrons. The van der Waals surface area contributed by atoms with Crippen LogP contribution in [0.5, 0.6) is 0 Å². The molecule has 0 radical (unpaired) electrons. The van der Waals surface area contributed by atoms with Crippen LogP contribution in [-0.2, 0) is 36.3 Å². The number of nitrogens with one attached hydrogen (secondary N) is 1. The van der Waals surface area contributed by atoms with Gasteiger partial charge in [-0.2, -0.15) is 8.62 Å². The number of rotatable bonds is 10. The largest absolute Gasteiger partial charge is 0.488 e. The molecular weight excluding hydrogens is 537 g/mol. The minimum absolute atomic E-state index is 0.716. The highest BCUT2D eigenvalue weighted by Crippen LogP contribution is 2.70. The molecule has 0 saturated carbocycles. The molecule has 1 fully saturated rings. The molecule has 33 heavy (non-hydrogen) atoms. The summed E-state index contributed by atoms with van der Waals surface area (Å²) < 4.78 is 58.7. The zero-order chi connectivity index (χ0) is 25.4. The zero-order valence-corrected chi connectivity index (χ0v) is 20.3. The van der Waals surface area contributed by atoms with Gasteiger partial charge in [-0.3, -0.25) is 18.9 Å². The molecule has 1 aromatic heterocycles. The molecule has 0 aromatic carbocycles. The Morgan fingerprint density at radius 1 is 1.21 bits per heavy atom. The van der Waals surface area contributed by atoms with E-state index < -0.39 is 70.6 Å². The third-order valence-electron chi connectivity index (χ3n) is 3.79. The highest BCUT2D eigenvalue weighted by molar-refractivity contribution is 8.45. The third-order valence-corrected chi connectivity index (χ3v) is 8.58. The van der Waals surface area contributed by atoms with Gasteiger partial charge < -0.3 is 34.4 Å². The van der Waals surface area contributed by atoms with Gasteiger partial charge in [0.05, 0.1) is 6.10 Å². The van der Waals surface area contributed by atoms with Crippen molar-refractivity contribution in [1.29, 1.82) is 0 Å². The molecule has 2 unspecified atom stereocenters. The van der Waals surface area contributed by atoms with Gasteiger partial charge in [-0.05, 0) is 13.8 Å². The number of hydrogen-bond donors (Lipinski definition) is 7. The number of thiol groups is 1. The first kappa shape index (κ1) is 28.6. The van der Waals surface area contributed by atoms with E-state index in [-0.39, 0.29) is 0 Å². The molecule has 21 heteroatoms. The second-order valence-electron chi connectivity index (χ2n) is 6.80. The zero-order valence-electron chi connectivity index (χ0n) is 16.7. The summed E-state index contributed by atoms with van der Waals surface area (Å²) in [7, 11) is -11.2. The first-order valence-electron chi connectivity index (χ1n) is 8.68. The fourth-order valence-corrected chi connectivity index (χ4v) is 6.78. The quantitative estimate of drug-likeness (QED) is 0.137. The van der Waals surface area contributed by atoms with Crippen molar-refractivity contribution < 1.29 is 61.2 Å². The van der Waals surface area contributed by atoms with Crippen LogP contribution in [0.4, 0.5) is 0 Å². The van der Waals surface area contributed by atoms with Crippen LogP contribution in [0.3, 0.4) is 0 Å². The van der Waals surface area contributed by atoms with Crippen molar-refractivity contribution in [1.82, 2.24) is 9.55 Å². The highest BCUT2D eigenvalue weighted by atomic mass is 32.7. The van der Waals surface area contributed by atoms with Crippen LogP contribution in [-0.4, -0.2) is 65.2 Å². The van der Waals surface area contributed by atoms with Gasteiger partial charge in [-0.1, -0.05) is 12.2 Å². The SMILES string of the molecule is CC(C)O[C@]1(COP(=O)(S)OP(=O)(O)OP(=O)(O)O)O[C@@H](n2ccc(=O)[nH]c2=O)[C@H](O)[C@@H]1O. The van der Waals surface area contributed by atoms with Gasteiger partial charge in [0.15, 0.2) is 6.23 Å². The lowest BCUT2D eigenvalue weighted by Crippen LogP contribution is -2.50. The lowest BCUT2D eigenvalue weighted by atomic mass is 10.1. The third kappa shape index (κ3) is 7.65. The van der Waals surface area contributed by atoms with Crippen LogP contribution in [0, 0.1) is 0 Å². The number of aromatic nitrogens is 2. The molecule has 0 bridgehead atoms. The number of aliphatic hydroxyl groups excluding tert-OH is 2. The van der Waals surface area contributed by atoms with Gasteiger partial charge in [-0.15, -0.1) is 0 Å². The minimum atomic E-state index is -5.65. The molecule has 1 saturated heterocycles. The Labute approximate surface area is 189 Å². The van der Waals surface area contributed by atoms with Crippen LogP contribution in [0.1, 0.15) is 20.1 Å². The summed E-state index contributed by atoms with van der Waals surface area (Å²) in [5.74, 6) is -2.36. The number of hydrogen-bond acceptors (Lipinski definition) is 12. The molecular formula is C12H21N2O15P3S. The van der Waals surface area contributed by atoms with Gasteiger partial charge in [0.25, 0.3) is 5.56 Å². The van der Waals surface area contributed by atoms with Gasteiger partial charge in [0.1, 0.15) is 18.8 Å². The van der Waals surface area contributed by atoms with Gasteiger partial charge >= 0.3 is 28.1 Å². The standard InChI is InChI=1S/C12H21N2O15P3S/c1-6(2)26-12(5-25-32(24,33)29-31(22,23)28-30(19,20)21)9(17)8(16)10(27-12)14-4-3-7(15)13-11(14)18/h3-4,6,8-10,16-17H,5H2,1-2H3,(H,22,23)(H,24,33)(H,13,15,18)(H2,19,20,21)/t8-,9+,10-,12-,32?/m1/s1. The smallest absolute Gasteiger partial charge is 0.385 e. The summed E-state index contributed by atoms with van der Waals surface area (Å²) in [6.07, 6.45) is -5.28. The maximum atomic E-state index is 12.3. The topological polar surface area (TPSA) is 253 Å². The Hall–Kier alpha value is -0.680. The molecule has 1 aromatic rings. The van der Waals surface area contributed by atoms with E-state index in [4.69, 9.17) is 23.8 Å². The van der Waals surface area contributed by atoms with E-state index in [0.29, 0.717) is 4.57 Å². The second-order valence-corrected chi connectivity index (χ2v) is 12.7. The van der Waals surface area contributed by atoms with Crippen molar-refractivity contribution in [3.63, 3.8) is 0 Å². The van der Waals surface area contributed by atoms with Crippen molar-refractivity contribution >= 4 is 34.7 Å². The Morgan fingerprint density at radius 3 is 2.33 bits per heavy atom. The molecule has 1 aliphatic heterocycles. The van der Waals surface area contributed by atoms with Crippen LogP contribution in [0.2, 0.25) is 0 Å². The van der Waals surface area contributed by atoms with Crippen molar-refractivity contribution in [3.8, 4) is 0 Å². The fraction of sp³-hybridized carbons (Fsp3) is 0.667. The molecule has 6 atom stereocenters. The monoisotopic (exact) mass is 558 g/mol. The van der Waals surface area contributed by atoms with Crippen molar-refractivity contribution in [3.05, 3.63) is 33.1 Å². The van der Waals surface area contributed by atoms with Crippen LogP contribution < -0.4 is 11.2 Å². The molecule has 6 N–H and O–H groups in total. The first-order valence-corrected chi connectivity index (χ1v) is 14.4. The van der Waals surface area contributed by atoms with E-state index in [2.05, 4.69) is 20.9 Å². The van der Waals surface area contributed by atoms with Gasteiger partial charge in [-0.25, -0.2) is 18.5 Å². The molecule has 0 aliphatic carbocycles. The lowest BCUT2D eigenvalue weighted by Gasteiger charge is -2.33. The maximum absolute atomic E-state index is 12.3. The molecule has 0 amide bonds. The summed E-state index contributed by atoms with van der Waals surface area (Å²) in [6, 6.07) is 0.930. The Kier molecular flexibility index (Phi) is 8.76. The summed E-state index contributed by atoms with van der Waals surface area (Å²) in [5.41, 5.74) is -1.77. The fourth-order valence-electron chi connectivity index (χ4n) is 2.73.